The van der Waals surface area contributed by atoms with Gasteiger partial charge in [0.2, 0.25) is 0 Å². The first-order valence-electron chi connectivity index (χ1n) is 5.71. The molecule has 2 heterocycles. The van der Waals surface area contributed by atoms with Crippen molar-refractivity contribution < 1.29 is 29.1 Å². The number of hydrogen-bond acceptors (Lipinski definition) is 6. The minimum absolute atomic E-state index is 0.133. The molecule has 2 saturated heterocycles. The van der Waals surface area contributed by atoms with Gasteiger partial charge in [-0.1, -0.05) is 6.08 Å². The molecule has 4 atom stereocenters. The van der Waals surface area contributed by atoms with Gasteiger partial charge in [-0.2, -0.15) is 0 Å². The van der Waals surface area contributed by atoms with Crippen molar-refractivity contribution >= 4 is 0 Å². The molecule has 0 aromatic heterocycles. The fraction of sp³-hybridized carbons (Fsp3) is 0.818. The molecular weight excluding hydrogens is 228 g/mol. The van der Waals surface area contributed by atoms with Gasteiger partial charge in [0.05, 0.1) is 26.4 Å². The van der Waals surface area contributed by atoms with Gasteiger partial charge in [0, 0.05) is 0 Å². The third-order valence-corrected chi connectivity index (χ3v) is 2.79. The maximum atomic E-state index is 9.31. The smallest absolute Gasteiger partial charge is 0.145 e. The third-order valence-electron chi connectivity index (χ3n) is 2.79. The lowest BCUT2D eigenvalue weighted by atomic mass is 10.1. The van der Waals surface area contributed by atoms with Gasteiger partial charge in [0.1, 0.15) is 31.0 Å². The summed E-state index contributed by atoms with van der Waals surface area (Å²) in [6.45, 7) is 5.02. The quantitative estimate of drug-likeness (QED) is 0.529. The Balaban J connectivity index is 1.96. The Kier molecular flexibility index (Phi) is 4.90. The molecule has 0 amide bonds. The van der Waals surface area contributed by atoms with Crippen molar-refractivity contribution in [1.82, 2.24) is 0 Å². The molecule has 0 aliphatic carbocycles. The van der Waals surface area contributed by atoms with Gasteiger partial charge in [-0.25, -0.2) is 9.78 Å². The van der Waals surface area contributed by atoms with Crippen molar-refractivity contribution in [1.29, 1.82) is 0 Å². The summed E-state index contributed by atoms with van der Waals surface area (Å²) in [6, 6.07) is 0. The van der Waals surface area contributed by atoms with Crippen LogP contribution in [-0.4, -0.2) is 62.6 Å². The van der Waals surface area contributed by atoms with Crippen molar-refractivity contribution in [2.24, 2.45) is 0 Å². The Bertz CT molecular complexity index is 246. The molecule has 0 unspecified atom stereocenters. The Morgan fingerprint density at radius 2 is 2.29 bits per heavy atom. The fourth-order valence-electron chi connectivity index (χ4n) is 2.01. The zero-order chi connectivity index (χ0) is 12.1. The lowest BCUT2D eigenvalue weighted by Gasteiger charge is -2.26. The maximum absolute atomic E-state index is 9.31. The summed E-state index contributed by atoms with van der Waals surface area (Å²) in [7, 11) is 0. The molecule has 0 aromatic carbocycles. The molecule has 98 valence electrons. The molecule has 0 radical (unpaired) electrons. The molecule has 2 rings (SSSR count). The van der Waals surface area contributed by atoms with Crippen LogP contribution in [0.15, 0.2) is 12.7 Å². The summed E-state index contributed by atoms with van der Waals surface area (Å²) in [5.41, 5.74) is 0. The number of hydrogen-bond donors (Lipinski definition) is 1. The van der Waals surface area contributed by atoms with Gasteiger partial charge < -0.3 is 19.3 Å². The van der Waals surface area contributed by atoms with Crippen LogP contribution in [-0.2, 0) is 24.0 Å². The molecule has 6 heteroatoms. The average Bonchev–Trinajstić information content (AvgIpc) is 2.60. The lowest BCUT2D eigenvalue weighted by Crippen LogP contribution is -2.43. The van der Waals surface area contributed by atoms with Crippen LogP contribution in [0.2, 0.25) is 0 Å². The Morgan fingerprint density at radius 3 is 3.06 bits per heavy atom. The van der Waals surface area contributed by atoms with E-state index in [1.165, 1.54) is 0 Å². The molecule has 1 N–H and O–H groups in total. The predicted molar refractivity (Wildman–Crippen MR) is 57.3 cm³/mol. The van der Waals surface area contributed by atoms with Crippen LogP contribution in [0, 0.1) is 0 Å². The van der Waals surface area contributed by atoms with Crippen molar-refractivity contribution in [3.05, 3.63) is 12.7 Å². The second-order valence-corrected chi connectivity index (χ2v) is 3.93. The highest BCUT2D eigenvalue weighted by molar-refractivity contribution is 4.91. The van der Waals surface area contributed by atoms with Gasteiger partial charge >= 0.3 is 0 Å². The second kappa shape index (κ2) is 6.44. The van der Waals surface area contributed by atoms with E-state index in [1.54, 1.807) is 6.08 Å². The predicted octanol–water partition coefficient (Wildman–Crippen LogP) is -0.336. The van der Waals surface area contributed by atoms with Crippen molar-refractivity contribution in [3.8, 4) is 0 Å². The maximum Gasteiger partial charge on any atom is 0.145 e. The topological polar surface area (TPSA) is 66.4 Å². The molecule has 2 aliphatic rings. The van der Waals surface area contributed by atoms with Crippen LogP contribution in [0.5, 0.6) is 0 Å². The first-order chi connectivity index (χ1) is 8.36. The van der Waals surface area contributed by atoms with E-state index >= 15 is 0 Å². The fourth-order valence-corrected chi connectivity index (χ4v) is 2.01. The largest absolute Gasteiger partial charge is 0.394 e. The van der Waals surface area contributed by atoms with E-state index in [-0.39, 0.29) is 24.9 Å². The third kappa shape index (κ3) is 3.04. The Labute approximate surface area is 100.0 Å². The number of aliphatic hydroxyl groups excluding tert-OH is 1. The zero-order valence-electron chi connectivity index (χ0n) is 9.62. The van der Waals surface area contributed by atoms with Crippen molar-refractivity contribution in [2.45, 2.75) is 24.4 Å². The number of rotatable bonds is 5. The van der Waals surface area contributed by atoms with E-state index < -0.39 is 6.10 Å². The van der Waals surface area contributed by atoms with E-state index in [0.717, 1.165) is 0 Å². The second-order valence-electron chi connectivity index (χ2n) is 3.93. The first kappa shape index (κ1) is 12.9. The average molecular weight is 246 g/mol. The van der Waals surface area contributed by atoms with Crippen LogP contribution in [0.1, 0.15) is 0 Å². The lowest BCUT2D eigenvalue weighted by molar-refractivity contribution is -0.316. The summed E-state index contributed by atoms with van der Waals surface area (Å²) in [6.07, 6.45) is 0.322. The summed E-state index contributed by atoms with van der Waals surface area (Å²) in [5, 5.41) is 9.31. The Morgan fingerprint density at radius 1 is 1.41 bits per heavy atom. The number of aliphatic hydroxyl groups is 1. The monoisotopic (exact) mass is 246 g/mol. The number of ether oxygens (including phenoxy) is 3. The summed E-state index contributed by atoms with van der Waals surface area (Å²) >= 11 is 0. The standard InChI is InChI=1S/C11H18O6/c1-2-3-13-8(6-12)10-11-9(7-15-10)17-16-5-4-14-11/h2,8-12H,1,3-7H2/t8-,9+,10-,11-/m1/s1. The van der Waals surface area contributed by atoms with Gasteiger partial charge in [0.25, 0.3) is 0 Å². The van der Waals surface area contributed by atoms with Gasteiger partial charge in [-0.05, 0) is 0 Å². The summed E-state index contributed by atoms with van der Waals surface area (Å²) < 4.78 is 16.6. The number of fused-ring (bicyclic) bond motifs is 1. The van der Waals surface area contributed by atoms with E-state index in [9.17, 15) is 5.11 Å². The molecule has 2 aliphatic heterocycles. The molecule has 0 saturated carbocycles. The molecule has 6 nitrogen and oxygen atoms in total. The summed E-state index contributed by atoms with van der Waals surface area (Å²) in [4.78, 5) is 10.1. The van der Waals surface area contributed by atoms with Crippen LogP contribution >= 0.6 is 0 Å². The molecular formula is C11H18O6. The molecule has 0 bridgehead atoms. The van der Waals surface area contributed by atoms with Gasteiger partial charge in [-0.3, -0.25) is 0 Å². The normalized spacial score (nSPS) is 35.0. The van der Waals surface area contributed by atoms with Crippen molar-refractivity contribution in [3.63, 3.8) is 0 Å². The van der Waals surface area contributed by atoms with E-state index in [1.807, 2.05) is 0 Å². The first-order valence-corrected chi connectivity index (χ1v) is 5.71. The minimum atomic E-state index is -0.440. The highest BCUT2D eigenvalue weighted by atomic mass is 17.2. The molecule has 0 spiro atoms. The van der Waals surface area contributed by atoms with Gasteiger partial charge in [0.15, 0.2) is 0 Å². The highest BCUT2D eigenvalue weighted by Crippen LogP contribution is 2.26. The van der Waals surface area contributed by atoms with Crippen LogP contribution in [0.3, 0.4) is 0 Å². The molecule has 0 aromatic rings. The summed E-state index contributed by atoms with van der Waals surface area (Å²) in [5.74, 6) is 0. The zero-order valence-corrected chi connectivity index (χ0v) is 9.62. The molecule has 17 heavy (non-hydrogen) atoms. The van der Waals surface area contributed by atoms with E-state index in [0.29, 0.717) is 26.4 Å². The SMILES string of the molecule is C=CCO[C@H](CO)[C@H]1OC[C@@H]2OOCCO[C@@H]12. The molecule has 2 fully saturated rings. The Hall–Kier alpha value is -0.500. The van der Waals surface area contributed by atoms with Crippen LogP contribution in [0.25, 0.3) is 0 Å². The van der Waals surface area contributed by atoms with Crippen LogP contribution in [0.4, 0.5) is 0 Å². The van der Waals surface area contributed by atoms with E-state index in [4.69, 9.17) is 24.0 Å². The van der Waals surface area contributed by atoms with Gasteiger partial charge in [-0.15, -0.1) is 6.58 Å². The van der Waals surface area contributed by atoms with Crippen LogP contribution < -0.4 is 0 Å². The van der Waals surface area contributed by atoms with Crippen molar-refractivity contribution in [2.75, 3.05) is 33.0 Å². The highest BCUT2D eigenvalue weighted by Gasteiger charge is 2.45. The minimum Gasteiger partial charge on any atom is -0.394 e. The van der Waals surface area contributed by atoms with E-state index in [2.05, 4.69) is 6.58 Å².